The maximum atomic E-state index is 12.8. The monoisotopic (exact) mass is 472 g/mol. The Morgan fingerprint density at radius 1 is 1.15 bits per heavy atom. The Bertz CT molecular complexity index is 817. The van der Waals surface area contributed by atoms with E-state index in [2.05, 4.69) is 15.1 Å². The molecule has 3 aliphatic rings. The fourth-order valence-corrected chi connectivity index (χ4v) is 4.49. The van der Waals surface area contributed by atoms with E-state index in [1.807, 2.05) is 31.0 Å². The number of piperidine rings is 1. The minimum atomic E-state index is -5.08. The molecule has 3 heterocycles. The Hall–Kier alpha value is -2.43. The molecule has 3 fully saturated rings. The summed E-state index contributed by atoms with van der Waals surface area (Å²) in [6.45, 7) is 6.28. The second kappa shape index (κ2) is 10.7. The van der Waals surface area contributed by atoms with Crippen LogP contribution >= 0.6 is 0 Å². The average Bonchev–Trinajstić information content (AvgIpc) is 3.58. The van der Waals surface area contributed by atoms with Gasteiger partial charge in [-0.15, -0.1) is 5.10 Å². The first-order valence-corrected chi connectivity index (χ1v) is 11.2. The van der Waals surface area contributed by atoms with E-state index >= 15 is 0 Å². The molecular formula is C22H31F3N4O4. The van der Waals surface area contributed by atoms with Gasteiger partial charge in [0, 0.05) is 45.1 Å². The number of aliphatic carboxylic acids is 1. The highest BCUT2D eigenvalue weighted by atomic mass is 19.4. The number of alkyl halides is 3. The van der Waals surface area contributed by atoms with Crippen molar-refractivity contribution in [2.45, 2.75) is 38.8 Å². The van der Waals surface area contributed by atoms with Crippen molar-refractivity contribution in [3.05, 3.63) is 17.8 Å². The highest BCUT2D eigenvalue weighted by Gasteiger charge is 2.43. The summed E-state index contributed by atoms with van der Waals surface area (Å²) < 4.78 is 37.8. The molecule has 2 aliphatic heterocycles. The van der Waals surface area contributed by atoms with Gasteiger partial charge in [-0.3, -0.25) is 4.79 Å². The normalized spacial score (nSPS) is 25.6. The molecule has 1 saturated carbocycles. The largest absolute Gasteiger partial charge is 0.490 e. The number of amides is 1. The Balaban J connectivity index is 0.000000383. The third kappa shape index (κ3) is 7.02. The lowest BCUT2D eigenvalue weighted by Gasteiger charge is -2.41. The SMILES string of the molecule is Cc1ccc(N2CC[C@@H]3[C@@H](COCC4CC4)CN(C)C(=O)[C@@H]3CC2)nn1.O=C(O)C(F)(F)F. The molecule has 0 radical (unpaired) electrons. The number of hydrogen-bond donors (Lipinski definition) is 1. The second-order valence-electron chi connectivity index (χ2n) is 9.13. The van der Waals surface area contributed by atoms with Crippen LogP contribution in [-0.2, 0) is 14.3 Å². The highest BCUT2D eigenvalue weighted by Crippen LogP contribution is 2.37. The number of hydrogen-bond acceptors (Lipinski definition) is 6. The van der Waals surface area contributed by atoms with Crippen molar-refractivity contribution in [3.8, 4) is 0 Å². The van der Waals surface area contributed by atoms with E-state index in [0.717, 1.165) is 63.1 Å². The van der Waals surface area contributed by atoms with Crippen LogP contribution in [0.2, 0.25) is 0 Å². The number of ether oxygens (including phenoxy) is 1. The van der Waals surface area contributed by atoms with E-state index in [9.17, 15) is 18.0 Å². The van der Waals surface area contributed by atoms with Gasteiger partial charge in [0.15, 0.2) is 5.82 Å². The molecule has 184 valence electrons. The molecule has 0 unspecified atom stereocenters. The Morgan fingerprint density at radius 2 is 1.82 bits per heavy atom. The summed E-state index contributed by atoms with van der Waals surface area (Å²) in [4.78, 5) is 25.9. The lowest BCUT2D eigenvalue weighted by Crippen LogP contribution is -2.50. The number of carbonyl (C=O) groups is 2. The Labute approximate surface area is 191 Å². The minimum Gasteiger partial charge on any atom is -0.475 e. The van der Waals surface area contributed by atoms with Gasteiger partial charge in [0.2, 0.25) is 5.91 Å². The van der Waals surface area contributed by atoms with E-state index in [-0.39, 0.29) is 5.92 Å². The first-order chi connectivity index (χ1) is 15.6. The smallest absolute Gasteiger partial charge is 0.475 e. The summed E-state index contributed by atoms with van der Waals surface area (Å²) in [5.41, 5.74) is 0.932. The third-order valence-electron chi connectivity index (χ3n) is 6.50. The van der Waals surface area contributed by atoms with Gasteiger partial charge in [0.05, 0.1) is 12.3 Å². The van der Waals surface area contributed by atoms with Gasteiger partial charge in [-0.05, 0) is 56.6 Å². The summed E-state index contributed by atoms with van der Waals surface area (Å²) >= 11 is 0. The van der Waals surface area contributed by atoms with Gasteiger partial charge < -0.3 is 19.6 Å². The van der Waals surface area contributed by atoms with Crippen LogP contribution in [0, 0.1) is 30.6 Å². The van der Waals surface area contributed by atoms with Gasteiger partial charge in [0.1, 0.15) is 0 Å². The van der Waals surface area contributed by atoms with Crippen molar-refractivity contribution in [1.82, 2.24) is 15.1 Å². The van der Waals surface area contributed by atoms with Gasteiger partial charge in [0.25, 0.3) is 0 Å². The van der Waals surface area contributed by atoms with Gasteiger partial charge in [-0.1, -0.05) is 0 Å². The lowest BCUT2D eigenvalue weighted by molar-refractivity contribution is -0.192. The first kappa shape index (κ1) is 25.2. The van der Waals surface area contributed by atoms with Crippen LogP contribution in [0.3, 0.4) is 0 Å². The molecule has 4 rings (SSSR count). The van der Waals surface area contributed by atoms with Crippen molar-refractivity contribution in [1.29, 1.82) is 0 Å². The zero-order valence-corrected chi connectivity index (χ0v) is 18.9. The predicted octanol–water partition coefficient (Wildman–Crippen LogP) is 2.77. The fourth-order valence-electron chi connectivity index (χ4n) is 4.49. The standard InChI is InChI=1S/C20H30N4O2.C2HF3O2/c1-14-3-6-19(22-21-14)24-9-7-17-16(13-26-12-15-4-5-15)11-23(2)20(25)18(17)8-10-24;3-2(4,5)1(6)7/h3,6,15-18H,4-5,7-13H2,1-2H3;(H,6,7)/t16-,17-,18-;/m1./s1. The highest BCUT2D eigenvalue weighted by molar-refractivity contribution is 5.80. The molecule has 33 heavy (non-hydrogen) atoms. The van der Waals surface area contributed by atoms with Crippen LogP contribution < -0.4 is 4.90 Å². The molecule has 8 nitrogen and oxygen atoms in total. The maximum Gasteiger partial charge on any atom is 0.490 e. The molecule has 0 aromatic carbocycles. The minimum absolute atomic E-state index is 0.117. The van der Waals surface area contributed by atoms with E-state index in [4.69, 9.17) is 14.6 Å². The van der Waals surface area contributed by atoms with Crippen LogP contribution in [0.1, 0.15) is 31.4 Å². The van der Waals surface area contributed by atoms with Crippen LogP contribution in [0.25, 0.3) is 0 Å². The molecular weight excluding hydrogens is 441 g/mol. The van der Waals surface area contributed by atoms with Crippen LogP contribution in [0.15, 0.2) is 12.1 Å². The molecule has 1 N–H and O–H groups in total. The topological polar surface area (TPSA) is 95.9 Å². The number of anilines is 1. The van der Waals surface area contributed by atoms with E-state index in [0.29, 0.717) is 17.7 Å². The van der Waals surface area contributed by atoms with E-state index in [1.54, 1.807) is 0 Å². The molecule has 11 heteroatoms. The maximum absolute atomic E-state index is 12.8. The predicted molar refractivity (Wildman–Crippen MR) is 114 cm³/mol. The molecule has 1 aromatic rings. The zero-order valence-electron chi connectivity index (χ0n) is 18.9. The Kier molecular flexibility index (Phi) is 8.14. The van der Waals surface area contributed by atoms with Crippen molar-refractivity contribution >= 4 is 17.7 Å². The summed E-state index contributed by atoms with van der Waals surface area (Å²) in [6, 6.07) is 4.05. The molecule has 1 aromatic heterocycles. The van der Waals surface area contributed by atoms with Crippen molar-refractivity contribution < 1.29 is 32.6 Å². The van der Waals surface area contributed by atoms with Crippen LogP contribution in [0.4, 0.5) is 19.0 Å². The summed E-state index contributed by atoms with van der Waals surface area (Å²) in [5, 5.41) is 15.7. The molecule has 3 atom stereocenters. The number of fused-ring (bicyclic) bond motifs is 1. The number of carboxylic acid groups (broad SMARTS) is 1. The molecule has 1 aliphatic carbocycles. The number of nitrogens with zero attached hydrogens (tertiary/aromatic N) is 4. The molecule has 2 saturated heterocycles. The van der Waals surface area contributed by atoms with Gasteiger partial charge in [-0.25, -0.2) is 4.79 Å². The molecule has 0 spiro atoms. The number of rotatable bonds is 5. The summed E-state index contributed by atoms with van der Waals surface area (Å²) in [6.07, 6.45) is -0.525. The van der Waals surface area contributed by atoms with E-state index in [1.165, 1.54) is 12.8 Å². The summed E-state index contributed by atoms with van der Waals surface area (Å²) in [5.74, 6) is 0.256. The quantitative estimate of drug-likeness (QED) is 0.704. The number of halogens is 3. The molecule has 0 bridgehead atoms. The van der Waals surface area contributed by atoms with Crippen LogP contribution in [0.5, 0.6) is 0 Å². The average molecular weight is 473 g/mol. The molecule has 1 amide bonds. The van der Waals surface area contributed by atoms with E-state index < -0.39 is 12.1 Å². The fraction of sp³-hybridized carbons (Fsp3) is 0.727. The zero-order chi connectivity index (χ0) is 24.2. The van der Waals surface area contributed by atoms with Gasteiger partial charge >= 0.3 is 12.1 Å². The van der Waals surface area contributed by atoms with Gasteiger partial charge in [-0.2, -0.15) is 18.3 Å². The second-order valence-corrected chi connectivity index (χ2v) is 9.13. The van der Waals surface area contributed by atoms with Crippen molar-refractivity contribution in [3.63, 3.8) is 0 Å². The van der Waals surface area contributed by atoms with Crippen LogP contribution in [-0.4, -0.2) is 78.2 Å². The number of aromatic nitrogens is 2. The number of likely N-dealkylation sites (tertiary alicyclic amines) is 1. The number of aryl methyl sites for hydroxylation is 1. The van der Waals surface area contributed by atoms with Crippen molar-refractivity contribution in [2.75, 3.05) is 44.8 Å². The number of carboxylic acids is 1. The Morgan fingerprint density at radius 3 is 2.39 bits per heavy atom. The first-order valence-electron chi connectivity index (χ1n) is 11.2. The summed E-state index contributed by atoms with van der Waals surface area (Å²) in [7, 11) is 1.94. The lowest BCUT2D eigenvalue weighted by atomic mass is 9.75. The van der Waals surface area contributed by atoms with Crippen molar-refractivity contribution in [2.24, 2.45) is 23.7 Å². The third-order valence-corrected chi connectivity index (χ3v) is 6.50. The number of carbonyl (C=O) groups excluding carboxylic acids is 1.